The van der Waals surface area contributed by atoms with Gasteiger partial charge in [0.25, 0.3) is 10.1 Å². The van der Waals surface area contributed by atoms with Gasteiger partial charge in [-0.05, 0) is 58.0 Å². The predicted molar refractivity (Wildman–Crippen MR) is 107 cm³/mol. The summed E-state index contributed by atoms with van der Waals surface area (Å²) in [6, 6.07) is 17.2. The SMILES string of the molecule is O=S(=O)(O)c1c(CCl)cc2c(c1-c1ccc(Br)cc1)Cc1ccccc1-2. The Morgan fingerprint density at radius 3 is 2.38 bits per heavy atom. The van der Waals surface area contributed by atoms with Crippen molar-refractivity contribution < 1.29 is 13.0 Å². The average molecular weight is 450 g/mol. The van der Waals surface area contributed by atoms with E-state index in [1.54, 1.807) is 6.07 Å². The maximum absolute atomic E-state index is 12.2. The fourth-order valence-electron chi connectivity index (χ4n) is 3.63. The van der Waals surface area contributed by atoms with Gasteiger partial charge < -0.3 is 0 Å². The van der Waals surface area contributed by atoms with E-state index in [0.29, 0.717) is 17.5 Å². The molecule has 0 aliphatic heterocycles. The van der Waals surface area contributed by atoms with Crippen LogP contribution in [0.2, 0.25) is 0 Å². The van der Waals surface area contributed by atoms with Gasteiger partial charge in [-0.1, -0.05) is 52.3 Å². The molecular formula is C20H14BrClO3S. The van der Waals surface area contributed by atoms with Crippen molar-refractivity contribution in [2.45, 2.75) is 17.2 Å². The minimum absolute atomic E-state index is 0.00585. The number of benzene rings is 3. The van der Waals surface area contributed by atoms with Crippen LogP contribution in [0.4, 0.5) is 0 Å². The highest BCUT2D eigenvalue weighted by Crippen LogP contribution is 2.46. The van der Waals surface area contributed by atoms with Crippen molar-refractivity contribution in [3.63, 3.8) is 0 Å². The van der Waals surface area contributed by atoms with Crippen molar-refractivity contribution in [3.05, 3.63) is 75.8 Å². The first kappa shape index (κ1) is 17.7. The molecule has 6 heteroatoms. The molecule has 0 unspecified atom stereocenters. The number of halogens is 2. The Morgan fingerprint density at radius 1 is 1.04 bits per heavy atom. The molecule has 4 rings (SSSR count). The zero-order chi connectivity index (χ0) is 18.5. The van der Waals surface area contributed by atoms with Gasteiger partial charge in [0.1, 0.15) is 4.90 Å². The van der Waals surface area contributed by atoms with Crippen LogP contribution in [0.1, 0.15) is 16.7 Å². The molecule has 1 N–H and O–H groups in total. The fourth-order valence-corrected chi connectivity index (χ4v) is 5.14. The second kappa shape index (κ2) is 6.50. The van der Waals surface area contributed by atoms with Crippen LogP contribution in [0.5, 0.6) is 0 Å². The normalized spacial score (nSPS) is 12.7. The Morgan fingerprint density at radius 2 is 1.73 bits per heavy atom. The first-order chi connectivity index (χ1) is 12.4. The second-order valence-electron chi connectivity index (χ2n) is 6.22. The first-order valence-corrected chi connectivity index (χ1v) is 10.7. The quantitative estimate of drug-likeness (QED) is 0.324. The van der Waals surface area contributed by atoms with Crippen LogP contribution < -0.4 is 0 Å². The van der Waals surface area contributed by atoms with E-state index in [9.17, 15) is 13.0 Å². The van der Waals surface area contributed by atoms with E-state index in [4.69, 9.17) is 11.6 Å². The van der Waals surface area contributed by atoms with Crippen molar-refractivity contribution in [1.29, 1.82) is 0 Å². The molecule has 3 nitrogen and oxygen atoms in total. The van der Waals surface area contributed by atoms with Crippen LogP contribution in [0.3, 0.4) is 0 Å². The maximum Gasteiger partial charge on any atom is 0.295 e. The van der Waals surface area contributed by atoms with Gasteiger partial charge in [0, 0.05) is 15.9 Å². The highest BCUT2D eigenvalue weighted by atomic mass is 79.9. The predicted octanol–water partition coefficient (Wildman–Crippen LogP) is 5.67. The molecule has 0 radical (unpaired) electrons. The van der Waals surface area contributed by atoms with Gasteiger partial charge in [-0.25, -0.2) is 0 Å². The largest absolute Gasteiger partial charge is 0.295 e. The van der Waals surface area contributed by atoms with Crippen LogP contribution in [0, 0.1) is 0 Å². The van der Waals surface area contributed by atoms with Gasteiger partial charge in [-0.3, -0.25) is 4.55 Å². The molecule has 132 valence electrons. The zero-order valence-corrected chi connectivity index (χ0v) is 16.7. The lowest BCUT2D eigenvalue weighted by Crippen LogP contribution is -2.07. The summed E-state index contributed by atoms with van der Waals surface area (Å²) in [6.07, 6.45) is 0.613. The molecule has 0 fully saturated rings. The summed E-state index contributed by atoms with van der Waals surface area (Å²) in [7, 11) is -4.44. The third-order valence-corrected chi connectivity index (χ3v) is 6.47. The molecule has 3 aromatic carbocycles. The van der Waals surface area contributed by atoms with Gasteiger partial charge in [-0.15, -0.1) is 11.6 Å². The van der Waals surface area contributed by atoms with Crippen LogP contribution in [0.25, 0.3) is 22.3 Å². The van der Waals surface area contributed by atoms with E-state index in [0.717, 1.165) is 32.3 Å². The van der Waals surface area contributed by atoms with Gasteiger partial charge in [-0.2, -0.15) is 8.42 Å². The van der Waals surface area contributed by atoms with E-state index in [1.165, 1.54) is 0 Å². The molecule has 0 saturated heterocycles. The van der Waals surface area contributed by atoms with E-state index >= 15 is 0 Å². The highest BCUT2D eigenvalue weighted by molar-refractivity contribution is 9.10. The summed E-state index contributed by atoms with van der Waals surface area (Å²) >= 11 is 9.47. The van der Waals surface area contributed by atoms with Crippen molar-refractivity contribution in [3.8, 4) is 22.3 Å². The number of hydrogen-bond donors (Lipinski definition) is 1. The summed E-state index contributed by atoms with van der Waals surface area (Å²) in [6.45, 7) is 0. The molecule has 0 spiro atoms. The lowest BCUT2D eigenvalue weighted by molar-refractivity contribution is 0.483. The summed E-state index contributed by atoms with van der Waals surface area (Å²) in [5, 5.41) is 0. The number of fused-ring (bicyclic) bond motifs is 3. The Kier molecular flexibility index (Phi) is 4.43. The maximum atomic E-state index is 12.2. The molecular weight excluding hydrogens is 436 g/mol. The molecule has 3 aromatic rings. The van der Waals surface area contributed by atoms with Crippen molar-refractivity contribution in [2.75, 3.05) is 0 Å². The lowest BCUT2D eigenvalue weighted by Gasteiger charge is -2.17. The van der Waals surface area contributed by atoms with Crippen LogP contribution in [-0.2, 0) is 22.4 Å². The molecule has 1 aliphatic rings. The van der Waals surface area contributed by atoms with Gasteiger partial charge in [0.05, 0.1) is 0 Å². The van der Waals surface area contributed by atoms with E-state index in [2.05, 4.69) is 15.9 Å². The van der Waals surface area contributed by atoms with Gasteiger partial charge in [0.2, 0.25) is 0 Å². The molecule has 0 amide bonds. The standard InChI is InChI=1S/C20H14BrClO3S/c21-15-7-5-12(6-8-15)19-18-9-13-3-1-2-4-16(13)17(18)10-14(11-22)20(19)26(23,24)25/h1-8,10H,9,11H2,(H,23,24,25). The lowest BCUT2D eigenvalue weighted by atomic mass is 9.93. The third kappa shape index (κ3) is 2.89. The summed E-state index contributed by atoms with van der Waals surface area (Å²) in [5.41, 5.74) is 5.75. The van der Waals surface area contributed by atoms with E-state index in [1.807, 2.05) is 48.5 Å². The second-order valence-corrected chi connectivity index (χ2v) is 8.76. The average Bonchev–Trinajstić information content (AvgIpc) is 2.98. The minimum atomic E-state index is -4.44. The first-order valence-electron chi connectivity index (χ1n) is 7.96. The molecule has 1 aliphatic carbocycles. The Hall–Kier alpha value is -1.66. The van der Waals surface area contributed by atoms with Crippen molar-refractivity contribution in [1.82, 2.24) is 0 Å². The highest BCUT2D eigenvalue weighted by Gasteiger charge is 2.30. The third-order valence-electron chi connectivity index (χ3n) is 4.67. The number of hydrogen-bond acceptors (Lipinski definition) is 2. The Balaban J connectivity index is 2.12. The molecule has 26 heavy (non-hydrogen) atoms. The van der Waals surface area contributed by atoms with Crippen LogP contribution in [-0.4, -0.2) is 13.0 Å². The smallest absolute Gasteiger partial charge is 0.282 e. The van der Waals surface area contributed by atoms with Gasteiger partial charge in [0.15, 0.2) is 0 Å². The monoisotopic (exact) mass is 448 g/mol. The number of alkyl halides is 1. The molecule has 0 atom stereocenters. The summed E-state index contributed by atoms with van der Waals surface area (Å²) in [5.74, 6) is -0.00585. The van der Waals surface area contributed by atoms with E-state index in [-0.39, 0.29) is 10.8 Å². The van der Waals surface area contributed by atoms with Gasteiger partial charge >= 0.3 is 0 Å². The molecule has 0 saturated carbocycles. The van der Waals surface area contributed by atoms with Crippen molar-refractivity contribution >= 4 is 37.6 Å². The summed E-state index contributed by atoms with van der Waals surface area (Å²) < 4.78 is 35.3. The number of rotatable bonds is 3. The van der Waals surface area contributed by atoms with Crippen LogP contribution >= 0.6 is 27.5 Å². The van der Waals surface area contributed by atoms with E-state index < -0.39 is 10.1 Å². The minimum Gasteiger partial charge on any atom is -0.282 e. The molecule has 0 heterocycles. The molecule has 0 bridgehead atoms. The Bertz CT molecular complexity index is 1120. The molecule has 0 aromatic heterocycles. The van der Waals surface area contributed by atoms with Crippen molar-refractivity contribution in [2.24, 2.45) is 0 Å². The fraction of sp³-hybridized carbons (Fsp3) is 0.100. The Labute approximate surface area is 165 Å². The zero-order valence-electron chi connectivity index (χ0n) is 13.5. The van der Waals surface area contributed by atoms with Crippen LogP contribution in [0.15, 0.2) is 64.0 Å². The summed E-state index contributed by atoms with van der Waals surface area (Å²) in [4.78, 5) is -0.0959. The topological polar surface area (TPSA) is 54.4 Å².